The van der Waals surface area contributed by atoms with Crippen LogP contribution in [-0.2, 0) is 4.79 Å². The predicted octanol–water partition coefficient (Wildman–Crippen LogP) is 1.37. The van der Waals surface area contributed by atoms with Crippen LogP contribution in [0.3, 0.4) is 0 Å². The zero-order valence-corrected chi connectivity index (χ0v) is 6.92. The van der Waals surface area contributed by atoms with E-state index in [-0.39, 0.29) is 5.78 Å². The van der Waals surface area contributed by atoms with Crippen molar-refractivity contribution < 1.29 is 9.90 Å². The summed E-state index contributed by atoms with van der Waals surface area (Å²) in [6, 6.07) is 0. The maximum atomic E-state index is 10.8. The zero-order valence-electron chi connectivity index (χ0n) is 6.92. The smallest absolute Gasteiger partial charge is 0.160 e. The minimum Gasteiger partial charge on any atom is -0.386 e. The van der Waals surface area contributed by atoms with Gasteiger partial charge in [-0.25, -0.2) is 0 Å². The van der Waals surface area contributed by atoms with Gasteiger partial charge in [-0.2, -0.15) is 0 Å². The van der Waals surface area contributed by atoms with E-state index in [1.54, 1.807) is 0 Å². The second-order valence-corrected chi connectivity index (χ2v) is 3.07. The van der Waals surface area contributed by atoms with E-state index in [9.17, 15) is 4.79 Å². The fourth-order valence-electron chi connectivity index (χ4n) is 0.640. The molecule has 2 nitrogen and oxygen atoms in total. The van der Waals surface area contributed by atoms with Crippen molar-refractivity contribution in [1.82, 2.24) is 0 Å². The second kappa shape index (κ2) is 4.45. The van der Waals surface area contributed by atoms with Crippen molar-refractivity contribution >= 4 is 5.78 Å². The van der Waals surface area contributed by atoms with Crippen LogP contribution >= 0.6 is 0 Å². The van der Waals surface area contributed by atoms with Crippen LogP contribution in [-0.4, -0.2) is 17.0 Å². The highest BCUT2D eigenvalue weighted by Crippen LogP contribution is 2.05. The molecule has 0 aromatic heterocycles. The average Bonchev–Trinajstić information content (AvgIpc) is 1.82. The minimum atomic E-state index is -0.779. The molecule has 0 saturated carbocycles. The van der Waals surface area contributed by atoms with Crippen LogP contribution in [0.1, 0.15) is 33.6 Å². The van der Waals surface area contributed by atoms with Crippen LogP contribution < -0.4 is 0 Å². The SMILES string of the molecule is CC(C)CCC(=O)[C@H](C)O. The van der Waals surface area contributed by atoms with Gasteiger partial charge in [-0.15, -0.1) is 0 Å². The largest absolute Gasteiger partial charge is 0.386 e. The molecule has 0 aliphatic heterocycles. The topological polar surface area (TPSA) is 37.3 Å². The van der Waals surface area contributed by atoms with E-state index in [4.69, 9.17) is 5.11 Å². The van der Waals surface area contributed by atoms with E-state index < -0.39 is 6.10 Å². The third kappa shape index (κ3) is 4.50. The molecule has 0 radical (unpaired) electrons. The summed E-state index contributed by atoms with van der Waals surface area (Å²) in [5, 5.41) is 8.78. The number of hydrogen-bond donors (Lipinski definition) is 1. The molecule has 2 heteroatoms. The number of carbonyl (C=O) groups excluding carboxylic acids is 1. The van der Waals surface area contributed by atoms with Crippen molar-refractivity contribution in [2.45, 2.75) is 39.7 Å². The van der Waals surface area contributed by atoms with Crippen LogP contribution in [0, 0.1) is 5.92 Å². The number of aliphatic hydroxyl groups excluding tert-OH is 1. The maximum absolute atomic E-state index is 10.8. The van der Waals surface area contributed by atoms with Crippen LogP contribution in [0.2, 0.25) is 0 Å². The Morgan fingerprint density at radius 1 is 1.40 bits per heavy atom. The second-order valence-electron chi connectivity index (χ2n) is 3.07. The lowest BCUT2D eigenvalue weighted by atomic mass is 10.0. The summed E-state index contributed by atoms with van der Waals surface area (Å²) in [7, 11) is 0. The first kappa shape index (κ1) is 9.63. The predicted molar refractivity (Wildman–Crippen MR) is 40.8 cm³/mol. The molecule has 0 aliphatic rings. The average molecular weight is 144 g/mol. The van der Waals surface area contributed by atoms with Gasteiger partial charge in [-0.1, -0.05) is 13.8 Å². The molecule has 10 heavy (non-hydrogen) atoms. The van der Waals surface area contributed by atoms with Gasteiger partial charge in [0.25, 0.3) is 0 Å². The quantitative estimate of drug-likeness (QED) is 0.647. The molecule has 0 unspecified atom stereocenters. The summed E-state index contributed by atoms with van der Waals surface area (Å²) in [4.78, 5) is 10.8. The number of ketones is 1. The van der Waals surface area contributed by atoms with Crippen LogP contribution in [0.4, 0.5) is 0 Å². The van der Waals surface area contributed by atoms with E-state index in [1.807, 2.05) is 0 Å². The van der Waals surface area contributed by atoms with Crippen molar-refractivity contribution in [3.05, 3.63) is 0 Å². The lowest BCUT2D eigenvalue weighted by molar-refractivity contribution is -0.126. The summed E-state index contributed by atoms with van der Waals surface area (Å²) in [6.07, 6.45) is 0.609. The van der Waals surface area contributed by atoms with E-state index in [1.165, 1.54) is 6.92 Å². The Kier molecular flexibility index (Phi) is 4.28. The highest BCUT2D eigenvalue weighted by molar-refractivity contribution is 5.82. The molecule has 0 saturated heterocycles. The maximum Gasteiger partial charge on any atom is 0.160 e. The molecule has 0 amide bonds. The first-order valence-electron chi connectivity index (χ1n) is 3.74. The summed E-state index contributed by atoms with van der Waals surface area (Å²) in [6.45, 7) is 5.65. The third-order valence-corrected chi connectivity index (χ3v) is 1.43. The molecule has 0 rings (SSSR count). The van der Waals surface area contributed by atoms with Crippen molar-refractivity contribution in [2.24, 2.45) is 5.92 Å². The molecule has 0 aliphatic carbocycles. The highest BCUT2D eigenvalue weighted by atomic mass is 16.3. The number of carbonyl (C=O) groups is 1. The number of aliphatic hydroxyl groups is 1. The van der Waals surface area contributed by atoms with E-state index in [0.717, 1.165) is 6.42 Å². The van der Waals surface area contributed by atoms with Gasteiger partial charge >= 0.3 is 0 Å². The molecule has 0 spiro atoms. The normalized spacial score (nSPS) is 13.7. The summed E-state index contributed by atoms with van der Waals surface area (Å²) < 4.78 is 0. The highest BCUT2D eigenvalue weighted by Gasteiger charge is 2.08. The van der Waals surface area contributed by atoms with Gasteiger partial charge in [0.2, 0.25) is 0 Å². The van der Waals surface area contributed by atoms with Crippen molar-refractivity contribution in [3.8, 4) is 0 Å². The number of Topliss-reactive ketones (excluding diaryl/α,β-unsaturated/α-hetero) is 1. The molecular weight excluding hydrogens is 128 g/mol. The standard InChI is InChI=1S/C8H16O2/c1-6(2)4-5-8(10)7(3)9/h6-7,9H,4-5H2,1-3H3/t7-/m0/s1. The van der Waals surface area contributed by atoms with Crippen LogP contribution in [0.25, 0.3) is 0 Å². The molecule has 0 aromatic rings. The molecule has 0 bridgehead atoms. The Labute approximate surface area is 62.2 Å². The monoisotopic (exact) mass is 144 g/mol. The Hall–Kier alpha value is -0.370. The molecule has 1 atom stereocenters. The number of rotatable bonds is 4. The third-order valence-electron chi connectivity index (χ3n) is 1.43. The van der Waals surface area contributed by atoms with E-state index in [0.29, 0.717) is 12.3 Å². The van der Waals surface area contributed by atoms with Crippen molar-refractivity contribution in [3.63, 3.8) is 0 Å². The molecule has 60 valence electrons. The zero-order chi connectivity index (χ0) is 8.15. The molecule has 1 N–H and O–H groups in total. The lowest BCUT2D eigenvalue weighted by Crippen LogP contribution is -2.15. The Balaban J connectivity index is 3.40. The number of hydrogen-bond acceptors (Lipinski definition) is 2. The van der Waals surface area contributed by atoms with Gasteiger partial charge in [0.1, 0.15) is 6.10 Å². The van der Waals surface area contributed by atoms with E-state index >= 15 is 0 Å². The fraction of sp³-hybridized carbons (Fsp3) is 0.875. The summed E-state index contributed by atoms with van der Waals surface area (Å²) in [5.41, 5.74) is 0. The molecule has 0 aromatic carbocycles. The minimum absolute atomic E-state index is 0.0475. The molecular formula is C8H16O2. The molecule has 0 fully saturated rings. The Bertz CT molecular complexity index is 106. The van der Waals surface area contributed by atoms with E-state index in [2.05, 4.69) is 13.8 Å². The van der Waals surface area contributed by atoms with Crippen LogP contribution in [0.5, 0.6) is 0 Å². The van der Waals surface area contributed by atoms with Gasteiger partial charge in [0.15, 0.2) is 5.78 Å². The van der Waals surface area contributed by atoms with Gasteiger partial charge in [-0.05, 0) is 19.3 Å². The van der Waals surface area contributed by atoms with Gasteiger partial charge in [0.05, 0.1) is 0 Å². The van der Waals surface area contributed by atoms with Crippen molar-refractivity contribution in [1.29, 1.82) is 0 Å². The fourth-order valence-corrected chi connectivity index (χ4v) is 0.640. The Morgan fingerprint density at radius 3 is 2.20 bits per heavy atom. The summed E-state index contributed by atoms with van der Waals surface area (Å²) >= 11 is 0. The first-order valence-corrected chi connectivity index (χ1v) is 3.74. The first-order chi connectivity index (χ1) is 4.54. The van der Waals surface area contributed by atoms with Crippen molar-refractivity contribution in [2.75, 3.05) is 0 Å². The van der Waals surface area contributed by atoms with Crippen LogP contribution in [0.15, 0.2) is 0 Å². The lowest BCUT2D eigenvalue weighted by Gasteiger charge is -2.04. The van der Waals surface area contributed by atoms with Gasteiger partial charge in [0, 0.05) is 6.42 Å². The summed E-state index contributed by atoms with van der Waals surface area (Å²) in [5.74, 6) is 0.497. The molecule has 0 heterocycles. The van der Waals surface area contributed by atoms with Gasteiger partial charge < -0.3 is 5.11 Å². The van der Waals surface area contributed by atoms with Gasteiger partial charge in [-0.3, -0.25) is 4.79 Å². The Morgan fingerprint density at radius 2 is 1.90 bits per heavy atom.